The summed E-state index contributed by atoms with van der Waals surface area (Å²) in [6.07, 6.45) is 93.5. The van der Waals surface area contributed by atoms with Crippen molar-refractivity contribution in [1.82, 2.24) is 0 Å². The molecule has 0 aliphatic rings. The van der Waals surface area contributed by atoms with Gasteiger partial charge in [-0.25, -0.2) is 9.13 Å². The number of esters is 4. The zero-order valence-electron chi connectivity index (χ0n) is 67.5. The van der Waals surface area contributed by atoms with Crippen molar-refractivity contribution < 1.29 is 80.2 Å². The van der Waals surface area contributed by atoms with Gasteiger partial charge in [-0.15, -0.1) is 0 Å². The minimum absolute atomic E-state index is 0.0658. The SMILES string of the molecule is CC/C=C\C/C=C\C/C=C\C/C=C\C/C=C\CCCCCC(=O)OCC(COP(=O)(O)OCC(O)COP(=O)(O)OCC(COC(=O)CCCCCC/C=C\C/C=C\C/C=C\C/C=C\CC)OC(=O)CCCCCCCCCCCCCCC)OC(=O)CCCCCCCC/C=C\C/C=C\C/C=C\C/C=C\CC. The summed E-state index contributed by atoms with van der Waals surface area (Å²) in [4.78, 5) is 73.2. The molecule has 0 heterocycles. The number of phosphoric ester groups is 2. The number of carbonyl (C=O) groups excluding carboxylic acids is 4. The Bertz CT molecular complexity index is 2660. The van der Waals surface area contributed by atoms with Crippen molar-refractivity contribution in [2.45, 2.75) is 341 Å². The van der Waals surface area contributed by atoms with Gasteiger partial charge in [0.05, 0.1) is 26.4 Å². The van der Waals surface area contributed by atoms with Crippen LogP contribution in [0.2, 0.25) is 0 Å². The van der Waals surface area contributed by atoms with E-state index in [9.17, 15) is 43.2 Å². The van der Waals surface area contributed by atoms with E-state index in [0.717, 1.165) is 193 Å². The van der Waals surface area contributed by atoms with Crippen LogP contribution in [-0.2, 0) is 65.4 Å². The van der Waals surface area contributed by atoms with Gasteiger partial charge in [0, 0.05) is 25.7 Å². The van der Waals surface area contributed by atoms with Gasteiger partial charge in [0.1, 0.15) is 19.3 Å². The largest absolute Gasteiger partial charge is 0.472 e. The third-order valence-corrected chi connectivity index (χ3v) is 18.9. The fourth-order valence-corrected chi connectivity index (χ4v) is 12.3. The zero-order chi connectivity index (χ0) is 78.9. The van der Waals surface area contributed by atoms with E-state index in [-0.39, 0.29) is 25.7 Å². The number of hydrogen-bond acceptors (Lipinski definition) is 15. The Kier molecular flexibility index (Phi) is 75.8. The highest BCUT2D eigenvalue weighted by Gasteiger charge is 2.30. The molecule has 0 amide bonds. The lowest BCUT2D eigenvalue weighted by atomic mass is 10.0. The number of unbranched alkanes of at least 4 members (excludes halogenated alkanes) is 25. The number of allylic oxidation sites excluding steroid dienone is 26. The van der Waals surface area contributed by atoms with E-state index in [1.807, 2.05) is 0 Å². The highest BCUT2D eigenvalue weighted by atomic mass is 31.2. The van der Waals surface area contributed by atoms with E-state index in [4.69, 9.17) is 37.0 Å². The van der Waals surface area contributed by atoms with Gasteiger partial charge in [0.2, 0.25) is 0 Å². The molecule has 0 radical (unpaired) electrons. The summed E-state index contributed by atoms with van der Waals surface area (Å²) in [7, 11) is -9.99. The number of rotatable bonds is 77. The second kappa shape index (κ2) is 79.8. The van der Waals surface area contributed by atoms with Crippen molar-refractivity contribution in [3.05, 3.63) is 158 Å². The fourth-order valence-electron chi connectivity index (χ4n) is 10.8. The molecular formula is C89H148O17P2. The second-order valence-electron chi connectivity index (χ2n) is 27.3. The number of ether oxygens (including phenoxy) is 4. The second-order valence-corrected chi connectivity index (χ2v) is 30.2. The molecule has 0 aliphatic heterocycles. The van der Waals surface area contributed by atoms with Crippen molar-refractivity contribution >= 4 is 39.5 Å². The number of aliphatic hydroxyl groups is 1. The first-order valence-electron chi connectivity index (χ1n) is 41.7. The maximum atomic E-state index is 13.1. The summed E-state index contributed by atoms with van der Waals surface area (Å²) in [6, 6.07) is 0. The average Bonchev–Trinajstić information content (AvgIpc) is 0.892. The van der Waals surface area contributed by atoms with Crippen molar-refractivity contribution in [1.29, 1.82) is 0 Å². The van der Waals surface area contributed by atoms with Crippen LogP contribution < -0.4 is 0 Å². The summed E-state index contributed by atoms with van der Waals surface area (Å²) < 4.78 is 68.7. The van der Waals surface area contributed by atoms with Crippen molar-refractivity contribution in [2.24, 2.45) is 0 Å². The standard InChI is InChI=1S/C89H148O17P2/c1-5-9-13-17-21-25-29-33-36-39-41-44-47-51-54-58-62-66-70-74-87(92)100-80-85(106-89(94)76-72-68-64-60-56-52-48-45-42-40-37-34-30-26-22-18-14-10-6-2)82-104-108(97,98)102-78-83(90)77-101-107(95,96)103-81-84(105-88(93)75-71-67-63-59-55-49-32-28-24-20-16-12-8-4)79-99-86(91)73-69-65-61-57-53-50-46-43-38-35-31-27-23-19-15-11-7-3/h9-11,13-15,21-23,25-27,33-38,41-42,44-46,50-51,54,83-85,90H,5-8,12,16-20,24,28-32,39-40,43,47-49,52-53,55-82H2,1-4H3,(H,95,96)(H,97,98)/b13-9-,14-10-,15-11-,25-21-,26-22-,27-23-,36-33-,37-34-,38-35-,44-41-,45-42-,50-46-,54-51-. The molecule has 0 aromatic rings. The van der Waals surface area contributed by atoms with Crippen LogP contribution in [0.5, 0.6) is 0 Å². The van der Waals surface area contributed by atoms with Gasteiger partial charge in [0.15, 0.2) is 12.2 Å². The van der Waals surface area contributed by atoms with Gasteiger partial charge < -0.3 is 33.8 Å². The third-order valence-electron chi connectivity index (χ3n) is 17.0. The topological polar surface area (TPSA) is 237 Å². The first kappa shape index (κ1) is 103. The Morgan fingerprint density at radius 3 is 0.750 bits per heavy atom. The van der Waals surface area contributed by atoms with E-state index >= 15 is 0 Å². The zero-order valence-corrected chi connectivity index (χ0v) is 69.3. The van der Waals surface area contributed by atoms with Crippen molar-refractivity contribution in [3.63, 3.8) is 0 Å². The van der Waals surface area contributed by atoms with Gasteiger partial charge in [-0.2, -0.15) is 0 Å². The minimum Gasteiger partial charge on any atom is -0.462 e. The third kappa shape index (κ3) is 78.8. The van der Waals surface area contributed by atoms with Crippen LogP contribution in [-0.4, -0.2) is 96.7 Å². The molecule has 0 aromatic heterocycles. The van der Waals surface area contributed by atoms with Gasteiger partial charge in [0.25, 0.3) is 0 Å². The first-order chi connectivity index (χ1) is 52.7. The smallest absolute Gasteiger partial charge is 0.462 e. The van der Waals surface area contributed by atoms with Crippen LogP contribution >= 0.6 is 15.6 Å². The minimum atomic E-state index is -5.00. The van der Waals surface area contributed by atoms with Crippen LogP contribution in [0.1, 0.15) is 323 Å². The summed E-state index contributed by atoms with van der Waals surface area (Å²) in [5.41, 5.74) is 0. The van der Waals surface area contributed by atoms with E-state index in [0.29, 0.717) is 25.7 Å². The van der Waals surface area contributed by atoms with Crippen LogP contribution in [0.4, 0.5) is 0 Å². The fraction of sp³-hybridized carbons (Fsp3) is 0.663. The molecule has 616 valence electrons. The molecule has 5 atom stereocenters. The first-order valence-corrected chi connectivity index (χ1v) is 44.7. The Morgan fingerprint density at radius 1 is 0.269 bits per heavy atom. The molecular weight excluding hydrogens is 1400 g/mol. The molecule has 0 aromatic carbocycles. The molecule has 19 heteroatoms. The number of carbonyl (C=O) groups is 4. The van der Waals surface area contributed by atoms with E-state index in [1.54, 1.807) is 0 Å². The van der Waals surface area contributed by atoms with Gasteiger partial charge in [-0.05, 0) is 148 Å². The van der Waals surface area contributed by atoms with Crippen LogP contribution in [0.15, 0.2) is 158 Å². The summed E-state index contributed by atoms with van der Waals surface area (Å²) >= 11 is 0. The molecule has 0 spiro atoms. The monoisotopic (exact) mass is 1550 g/mol. The van der Waals surface area contributed by atoms with Crippen LogP contribution in [0, 0.1) is 0 Å². The van der Waals surface area contributed by atoms with Gasteiger partial charge >= 0.3 is 39.5 Å². The van der Waals surface area contributed by atoms with E-state index < -0.39 is 97.5 Å². The summed E-state index contributed by atoms with van der Waals surface area (Å²) in [5.74, 6) is -2.25. The average molecular weight is 1550 g/mol. The maximum absolute atomic E-state index is 13.1. The molecule has 0 bridgehead atoms. The quantitative estimate of drug-likeness (QED) is 0.0169. The van der Waals surface area contributed by atoms with Gasteiger partial charge in [-0.1, -0.05) is 308 Å². The summed E-state index contributed by atoms with van der Waals surface area (Å²) in [5, 5.41) is 10.7. The predicted molar refractivity (Wildman–Crippen MR) is 445 cm³/mol. The van der Waals surface area contributed by atoms with Crippen molar-refractivity contribution in [2.75, 3.05) is 39.6 Å². The maximum Gasteiger partial charge on any atom is 0.472 e. The van der Waals surface area contributed by atoms with E-state index in [1.165, 1.54) is 51.4 Å². The lowest BCUT2D eigenvalue weighted by Gasteiger charge is -2.21. The lowest BCUT2D eigenvalue weighted by molar-refractivity contribution is -0.161. The Hall–Kier alpha value is -5.32. The van der Waals surface area contributed by atoms with Crippen LogP contribution in [0.25, 0.3) is 0 Å². The predicted octanol–water partition coefficient (Wildman–Crippen LogP) is 24.8. The molecule has 3 N–H and O–H groups in total. The normalized spacial score (nSPS) is 14.6. The number of aliphatic hydroxyl groups excluding tert-OH is 1. The molecule has 17 nitrogen and oxygen atoms in total. The Labute approximate surface area is 655 Å². The molecule has 0 saturated carbocycles. The van der Waals surface area contributed by atoms with Crippen molar-refractivity contribution in [3.8, 4) is 0 Å². The highest BCUT2D eigenvalue weighted by Crippen LogP contribution is 2.45. The molecule has 0 saturated heterocycles. The molecule has 0 rings (SSSR count). The highest BCUT2D eigenvalue weighted by molar-refractivity contribution is 7.47. The molecule has 0 fully saturated rings. The molecule has 5 unspecified atom stereocenters. The van der Waals surface area contributed by atoms with E-state index in [2.05, 4.69) is 186 Å². The Morgan fingerprint density at radius 2 is 0.481 bits per heavy atom. The van der Waals surface area contributed by atoms with Gasteiger partial charge in [-0.3, -0.25) is 37.3 Å². The Balaban J connectivity index is 5.44. The number of phosphoric acid groups is 2. The lowest BCUT2D eigenvalue weighted by Crippen LogP contribution is -2.30. The summed E-state index contributed by atoms with van der Waals surface area (Å²) in [6.45, 7) is 4.47. The molecule has 108 heavy (non-hydrogen) atoms. The van der Waals surface area contributed by atoms with Crippen LogP contribution in [0.3, 0.4) is 0 Å². The molecule has 0 aliphatic carbocycles. The number of hydrogen-bond donors (Lipinski definition) is 3.